The van der Waals surface area contributed by atoms with Gasteiger partial charge in [0, 0.05) is 34.5 Å². The van der Waals surface area contributed by atoms with E-state index in [1.807, 2.05) is 11.8 Å². The van der Waals surface area contributed by atoms with Crippen LogP contribution in [0.15, 0.2) is 36.4 Å². The zero-order valence-electron chi connectivity index (χ0n) is 15.0. The Balaban J connectivity index is 1.69. The number of anilines is 2. The zero-order chi connectivity index (χ0) is 19.4. The highest BCUT2D eigenvalue weighted by Gasteiger charge is 2.22. The van der Waals surface area contributed by atoms with Gasteiger partial charge in [-0.25, -0.2) is 0 Å². The molecule has 0 spiro atoms. The standard InChI is InChI=1S/C20H21Cl2N3O2/c1-13-16(22)5-4-6-17(13)24-19(26)12-23-18-8-7-14(21)11-15(18)20(27)25-9-2-3-10-25/h4-8,11,23H,2-3,9-10,12H2,1H3,(H,24,26). The van der Waals surface area contributed by atoms with Gasteiger partial charge in [0.15, 0.2) is 0 Å². The molecule has 0 atom stereocenters. The molecular weight excluding hydrogens is 385 g/mol. The lowest BCUT2D eigenvalue weighted by atomic mass is 10.1. The number of nitrogens with one attached hydrogen (secondary N) is 2. The summed E-state index contributed by atoms with van der Waals surface area (Å²) in [4.78, 5) is 26.9. The zero-order valence-corrected chi connectivity index (χ0v) is 16.5. The average Bonchev–Trinajstić information content (AvgIpc) is 3.18. The van der Waals surface area contributed by atoms with Crippen molar-refractivity contribution in [3.05, 3.63) is 57.6 Å². The summed E-state index contributed by atoms with van der Waals surface area (Å²) in [6, 6.07) is 10.4. The number of amides is 2. The van der Waals surface area contributed by atoms with Crippen LogP contribution < -0.4 is 10.6 Å². The highest BCUT2D eigenvalue weighted by atomic mass is 35.5. The number of likely N-dealkylation sites (tertiary alicyclic amines) is 1. The lowest BCUT2D eigenvalue weighted by Crippen LogP contribution is -2.29. The molecule has 0 aliphatic carbocycles. The van der Waals surface area contributed by atoms with E-state index in [4.69, 9.17) is 23.2 Å². The van der Waals surface area contributed by atoms with E-state index in [0.717, 1.165) is 31.5 Å². The molecule has 2 N–H and O–H groups in total. The van der Waals surface area contributed by atoms with Crippen molar-refractivity contribution in [3.8, 4) is 0 Å². The number of carbonyl (C=O) groups is 2. The van der Waals surface area contributed by atoms with E-state index in [0.29, 0.717) is 27.0 Å². The van der Waals surface area contributed by atoms with Gasteiger partial charge in [-0.05, 0) is 55.7 Å². The SMILES string of the molecule is Cc1c(Cl)cccc1NC(=O)CNc1ccc(Cl)cc1C(=O)N1CCCC1. The quantitative estimate of drug-likeness (QED) is 0.764. The van der Waals surface area contributed by atoms with Crippen molar-refractivity contribution < 1.29 is 9.59 Å². The Morgan fingerprint density at radius 2 is 1.81 bits per heavy atom. The first-order valence-electron chi connectivity index (χ1n) is 8.83. The van der Waals surface area contributed by atoms with E-state index < -0.39 is 0 Å². The second-order valence-electron chi connectivity index (χ2n) is 6.50. The van der Waals surface area contributed by atoms with E-state index in [1.54, 1.807) is 36.4 Å². The molecule has 0 unspecified atom stereocenters. The summed E-state index contributed by atoms with van der Waals surface area (Å²) in [6.45, 7) is 3.36. The number of nitrogens with zero attached hydrogens (tertiary/aromatic N) is 1. The molecule has 2 amide bonds. The Kier molecular flexibility index (Phi) is 6.24. The van der Waals surface area contributed by atoms with Gasteiger partial charge >= 0.3 is 0 Å². The molecule has 0 bridgehead atoms. The van der Waals surface area contributed by atoms with Gasteiger partial charge < -0.3 is 15.5 Å². The fourth-order valence-corrected chi connectivity index (χ4v) is 3.40. The highest BCUT2D eigenvalue weighted by Crippen LogP contribution is 2.25. The van der Waals surface area contributed by atoms with E-state index in [1.165, 1.54) is 0 Å². The number of carbonyl (C=O) groups excluding carboxylic acids is 2. The van der Waals surface area contributed by atoms with Crippen molar-refractivity contribution in [1.29, 1.82) is 0 Å². The predicted octanol–water partition coefficient (Wildman–Crippen LogP) is 4.59. The molecule has 3 rings (SSSR count). The van der Waals surface area contributed by atoms with Crippen LogP contribution in [0.1, 0.15) is 28.8 Å². The fraction of sp³-hybridized carbons (Fsp3) is 0.300. The van der Waals surface area contributed by atoms with Crippen LogP contribution in [0.3, 0.4) is 0 Å². The lowest BCUT2D eigenvalue weighted by Gasteiger charge is -2.18. The first-order chi connectivity index (χ1) is 13.0. The number of hydrogen-bond acceptors (Lipinski definition) is 3. The van der Waals surface area contributed by atoms with Crippen molar-refractivity contribution in [2.24, 2.45) is 0 Å². The Labute approximate surface area is 168 Å². The molecule has 0 radical (unpaired) electrons. The fourth-order valence-electron chi connectivity index (χ4n) is 3.05. The van der Waals surface area contributed by atoms with E-state index in [9.17, 15) is 9.59 Å². The molecule has 1 fully saturated rings. The largest absolute Gasteiger partial charge is 0.375 e. The van der Waals surface area contributed by atoms with Gasteiger partial charge in [0.25, 0.3) is 5.91 Å². The van der Waals surface area contributed by atoms with Crippen LogP contribution in [-0.2, 0) is 4.79 Å². The molecule has 0 saturated carbocycles. The summed E-state index contributed by atoms with van der Waals surface area (Å²) in [5.41, 5.74) is 2.55. The topological polar surface area (TPSA) is 61.4 Å². The molecule has 142 valence electrons. The van der Waals surface area contributed by atoms with Gasteiger partial charge in [-0.3, -0.25) is 9.59 Å². The molecule has 0 aromatic heterocycles. The maximum absolute atomic E-state index is 12.7. The van der Waals surface area contributed by atoms with Crippen molar-refractivity contribution in [1.82, 2.24) is 4.90 Å². The van der Waals surface area contributed by atoms with Crippen molar-refractivity contribution in [2.45, 2.75) is 19.8 Å². The Morgan fingerprint density at radius 1 is 1.07 bits per heavy atom. The molecule has 7 heteroatoms. The summed E-state index contributed by atoms with van der Waals surface area (Å²) in [5, 5.41) is 6.96. The van der Waals surface area contributed by atoms with Gasteiger partial charge in [-0.15, -0.1) is 0 Å². The van der Waals surface area contributed by atoms with Crippen LogP contribution in [0.25, 0.3) is 0 Å². The second kappa shape index (κ2) is 8.63. The van der Waals surface area contributed by atoms with E-state index in [2.05, 4.69) is 10.6 Å². The Hall–Kier alpha value is -2.24. The first kappa shape index (κ1) is 19.5. The molecule has 27 heavy (non-hydrogen) atoms. The van der Waals surface area contributed by atoms with Crippen molar-refractivity contribution in [2.75, 3.05) is 30.3 Å². The first-order valence-corrected chi connectivity index (χ1v) is 9.59. The molecule has 1 saturated heterocycles. The molecule has 5 nitrogen and oxygen atoms in total. The number of benzene rings is 2. The maximum Gasteiger partial charge on any atom is 0.256 e. The molecule has 1 heterocycles. The summed E-state index contributed by atoms with van der Waals surface area (Å²) in [5.74, 6) is -0.293. The van der Waals surface area contributed by atoms with Crippen LogP contribution in [0, 0.1) is 6.92 Å². The Morgan fingerprint density at radius 3 is 2.56 bits per heavy atom. The summed E-state index contributed by atoms with van der Waals surface area (Å²) < 4.78 is 0. The predicted molar refractivity (Wildman–Crippen MR) is 110 cm³/mol. The molecule has 2 aromatic rings. The van der Waals surface area contributed by atoms with Gasteiger partial charge in [0.1, 0.15) is 0 Å². The Bertz CT molecular complexity index is 864. The number of halogens is 2. The van der Waals surface area contributed by atoms with Gasteiger partial charge in [-0.1, -0.05) is 29.3 Å². The summed E-state index contributed by atoms with van der Waals surface area (Å²) >= 11 is 12.2. The monoisotopic (exact) mass is 405 g/mol. The van der Waals surface area contributed by atoms with Crippen LogP contribution in [0.5, 0.6) is 0 Å². The molecule has 1 aliphatic rings. The number of hydrogen-bond donors (Lipinski definition) is 2. The van der Waals surface area contributed by atoms with Gasteiger partial charge in [0.2, 0.25) is 5.91 Å². The summed E-state index contributed by atoms with van der Waals surface area (Å²) in [6.07, 6.45) is 2.02. The molecule has 2 aromatic carbocycles. The average molecular weight is 406 g/mol. The lowest BCUT2D eigenvalue weighted by molar-refractivity contribution is -0.114. The van der Waals surface area contributed by atoms with Gasteiger partial charge in [-0.2, -0.15) is 0 Å². The van der Waals surface area contributed by atoms with Crippen LogP contribution >= 0.6 is 23.2 Å². The van der Waals surface area contributed by atoms with E-state index in [-0.39, 0.29) is 18.4 Å². The van der Waals surface area contributed by atoms with Crippen LogP contribution in [0.4, 0.5) is 11.4 Å². The highest BCUT2D eigenvalue weighted by molar-refractivity contribution is 6.32. The third kappa shape index (κ3) is 4.73. The summed E-state index contributed by atoms with van der Waals surface area (Å²) in [7, 11) is 0. The van der Waals surface area contributed by atoms with Crippen LogP contribution in [-0.4, -0.2) is 36.3 Å². The number of rotatable bonds is 5. The van der Waals surface area contributed by atoms with E-state index >= 15 is 0 Å². The molecular formula is C20H21Cl2N3O2. The van der Waals surface area contributed by atoms with Crippen molar-refractivity contribution >= 4 is 46.4 Å². The second-order valence-corrected chi connectivity index (χ2v) is 7.35. The third-order valence-corrected chi connectivity index (χ3v) is 5.23. The minimum atomic E-state index is -0.227. The third-order valence-electron chi connectivity index (χ3n) is 4.59. The molecule has 1 aliphatic heterocycles. The normalized spacial score (nSPS) is 13.5. The minimum absolute atomic E-state index is 0.0217. The van der Waals surface area contributed by atoms with Gasteiger partial charge in [0.05, 0.1) is 12.1 Å². The maximum atomic E-state index is 12.7. The van der Waals surface area contributed by atoms with Crippen LogP contribution in [0.2, 0.25) is 10.0 Å². The van der Waals surface area contributed by atoms with Crippen molar-refractivity contribution in [3.63, 3.8) is 0 Å². The smallest absolute Gasteiger partial charge is 0.256 e. The minimum Gasteiger partial charge on any atom is -0.375 e.